The summed E-state index contributed by atoms with van der Waals surface area (Å²) in [6, 6.07) is 0. The molecule has 3 unspecified atom stereocenters. The number of carbonyl (C=O) groups excluding carboxylic acids is 1. The smallest absolute Gasteiger partial charge is 0.159 e. The Morgan fingerprint density at radius 1 is 1.19 bits per heavy atom. The van der Waals surface area contributed by atoms with Gasteiger partial charge >= 0.3 is 0 Å². The highest BCUT2D eigenvalue weighted by Gasteiger charge is 2.61. The molecule has 4 rings (SSSR count). The van der Waals surface area contributed by atoms with Gasteiger partial charge in [0.25, 0.3) is 0 Å². The van der Waals surface area contributed by atoms with Gasteiger partial charge in [-0.25, -0.2) is 0 Å². The van der Waals surface area contributed by atoms with Gasteiger partial charge in [0.05, 0.1) is 6.10 Å². The van der Waals surface area contributed by atoms with Crippen LogP contribution in [-0.2, 0) is 4.79 Å². The van der Waals surface area contributed by atoms with Crippen molar-refractivity contribution in [1.82, 2.24) is 0 Å². The maximum absolute atomic E-state index is 13.4. The van der Waals surface area contributed by atoms with E-state index >= 15 is 0 Å². The first-order valence-corrected chi connectivity index (χ1v) is 12.9. The Bertz CT molecular complexity index is 791. The van der Waals surface area contributed by atoms with Gasteiger partial charge in [0.15, 0.2) is 5.78 Å². The van der Waals surface area contributed by atoms with Crippen LogP contribution in [0.25, 0.3) is 0 Å². The molecule has 3 saturated carbocycles. The van der Waals surface area contributed by atoms with E-state index < -0.39 is 0 Å². The molecule has 0 amide bonds. The lowest BCUT2D eigenvalue weighted by molar-refractivity contribution is -0.134. The fourth-order valence-corrected chi connectivity index (χ4v) is 8.38. The van der Waals surface area contributed by atoms with Crippen molar-refractivity contribution in [3.63, 3.8) is 0 Å². The molecular weight excluding hydrogens is 380 g/mol. The van der Waals surface area contributed by atoms with Gasteiger partial charge in [0, 0.05) is 5.92 Å². The van der Waals surface area contributed by atoms with Gasteiger partial charge in [-0.3, -0.25) is 4.79 Å². The van der Waals surface area contributed by atoms with Gasteiger partial charge in [-0.05, 0) is 105 Å². The first-order valence-electron chi connectivity index (χ1n) is 12.9. The standard InChI is InChI=1S/C29H44O2/c1-7-20(18(2)3)9-8-19(4)23-10-11-24-27-25(13-15-29(23,24)6)28(5)14-12-22(30)16-21(28)17-26(27)31/h8-9,17,19-20,22-25,27,30H,2,7,10-16H2,1,3-6H3/b9-8+/t19-,20-,22+,23-,24?,25?,27?,28+,29-/m1/s1. The molecule has 0 spiro atoms. The lowest BCUT2D eigenvalue weighted by atomic mass is 9.46. The highest BCUT2D eigenvalue weighted by Crippen LogP contribution is 2.66. The van der Waals surface area contributed by atoms with Gasteiger partial charge < -0.3 is 5.11 Å². The molecule has 0 aromatic rings. The average Bonchev–Trinajstić information content (AvgIpc) is 3.06. The molecule has 0 aromatic carbocycles. The molecular formula is C29H44O2. The summed E-state index contributed by atoms with van der Waals surface area (Å²) < 4.78 is 0. The van der Waals surface area contributed by atoms with Crippen LogP contribution in [0.2, 0.25) is 0 Å². The van der Waals surface area contributed by atoms with Gasteiger partial charge in [-0.2, -0.15) is 0 Å². The SMILES string of the molecule is C=C(C)[C@@H](/C=C/[C@@H](C)[C@H]1CCC2C3C(=O)C=C4C[C@@H](O)CC[C@]4(C)C3CC[C@@]21C)CC. The van der Waals surface area contributed by atoms with Crippen LogP contribution in [0.15, 0.2) is 36.0 Å². The molecule has 4 aliphatic rings. The van der Waals surface area contributed by atoms with Crippen LogP contribution in [0.1, 0.15) is 86.0 Å². The third kappa shape index (κ3) is 3.71. The topological polar surface area (TPSA) is 37.3 Å². The first-order chi connectivity index (χ1) is 14.6. The van der Waals surface area contributed by atoms with Crippen LogP contribution < -0.4 is 0 Å². The number of fused-ring (bicyclic) bond motifs is 5. The molecule has 4 aliphatic carbocycles. The summed E-state index contributed by atoms with van der Waals surface area (Å²) in [6.07, 6.45) is 15.2. The van der Waals surface area contributed by atoms with E-state index in [1.54, 1.807) is 0 Å². The van der Waals surface area contributed by atoms with Gasteiger partial charge in [0.1, 0.15) is 0 Å². The Balaban J connectivity index is 1.58. The fraction of sp³-hybridized carbons (Fsp3) is 0.759. The lowest BCUT2D eigenvalue weighted by Crippen LogP contribution is -2.53. The molecule has 0 heterocycles. The normalized spacial score (nSPS) is 44.3. The van der Waals surface area contributed by atoms with E-state index in [0.717, 1.165) is 19.3 Å². The number of ketones is 1. The molecule has 0 radical (unpaired) electrons. The number of aliphatic hydroxyl groups is 1. The van der Waals surface area contributed by atoms with E-state index in [-0.39, 0.29) is 22.9 Å². The maximum Gasteiger partial charge on any atom is 0.159 e. The summed E-state index contributed by atoms with van der Waals surface area (Å²) >= 11 is 0. The predicted octanol–water partition coefficient (Wildman–Crippen LogP) is 6.90. The summed E-state index contributed by atoms with van der Waals surface area (Å²) in [5.74, 6) is 3.25. The zero-order chi connectivity index (χ0) is 22.6. The highest BCUT2D eigenvalue weighted by molar-refractivity contribution is 5.94. The Labute approximate surface area is 190 Å². The minimum absolute atomic E-state index is 0.124. The van der Waals surface area contributed by atoms with Gasteiger partial charge in [-0.15, -0.1) is 0 Å². The summed E-state index contributed by atoms with van der Waals surface area (Å²) in [7, 11) is 0. The van der Waals surface area contributed by atoms with Crippen molar-refractivity contribution in [2.24, 2.45) is 46.3 Å². The average molecular weight is 425 g/mol. The monoisotopic (exact) mass is 424 g/mol. The van der Waals surface area contributed by atoms with Crippen LogP contribution >= 0.6 is 0 Å². The zero-order valence-electron chi connectivity index (χ0n) is 20.5. The minimum Gasteiger partial charge on any atom is -0.393 e. The Kier molecular flexibility index (Phi) is 6.18. The molecule has 3 fully saturated rings. The Morgan fingerprint density at radius 2 is 1.94 bits per heavy atom. The molecule has 0 saturated heterocycles. The molecule has 0 aliphatic heterocycles. The molecule has 0 bridgehead atoms. The molecule has 9 atom stereocenters. The third-order valence-electron chi connectivity index (χ3n) is 10.3. The fourth-order valence-electron chi connectivity index (χ4n) is 8.38. The van der Waals surface area contributed by atoms with Crippen LogP contribution in [0, 0.1) is 46.3 Å². The van der Waals surface area contributed by atoms with E-state index in [2.05, 4.69) is 53.3 Å². The van der Waals surface area contributed by atoms with Crippen molar-refractivity contribution in [2.45, 2.75) is 92.1 Å². The molecule has 0 aromatic heterocycles. The number of carbonyl (C=O) groups is 1. The van der Waals surface area contributed by atoms with Crippen LogP contribution in [0.3, 0.4) is 0 Å². The minimum atomic E-state index is -0.257. The van der Waals surface area contributed by atoms with E-state index in [1.165, 1.54) is 36.8 Å². The van der Waals surface area contributed by atoms with Crippen molar-refractivity contribution in [3.8, 4) is 0 Å². The largest absolute Gasteiger partial charge is 0.393 e. The van der Waals surface area contributed by atoms with Crippen molar-refractivity contribution in [3.05, 3.63) is 36.0 Å². The van der Waals surface area contributed by atoms with E-state index in [4.69, 9.17) is 0 Å². The molecule has 31 heavy (non-hydrogen) atoms. The maximum atomic E-state index is 13.4. The molecule has 2 nitrogen and oxygen atoms in total. The van der Waals surface area contributed by atoms with Crippen molar-refractivity contribution >= 4 is 5.78 Å². The van der Waals surface area contributed by atoms with Crippen molar-refractivity contribution < 1.29 is 9.90 Å². The number of hydrogen-bond acceptors (Lipinski definition) is 2. The molecule has 2 heteroatoms. The summed E-state index contributed by atoms with van der Waals surface area (Å²) in [4.78, 5) is 13.4. The Morgan fingerprint density at radius 3 is 2.61 bits per heavy atom. The van der Waals surface area contributed by atoms with E-state index in [0.29, 0.717) is 41.8 Å². The van der Waals surface area contributed by atoms with Gasteiger partial charge in [0.2, 0.25) is 0 Å². The number of rotatable bonds is 5. The van der Waals surface area contributed by atoms with Gasteiger partial charge in [-0.1, -0.05) is 57.6 Å². The predicted molar refractivity (Wildman–Crippen MR) is 128 cm³/mol. The first kappa shape index (κ1) is 23.0. The van der Waals surface area contributed by atoms with Crippen molar-refractivity contribution in [1.29, 1.82) is 0 Å². The zero-order valence-corrected chi connectivity index (χ0v) is 20.5. The quantitative estimate of drug-likeness (QED) is 0.487. The summed E-state index contributed by atoms with van der Waals surface area (Å²) in [5, 5.41) is 10.2. The van der Waals surface area contributed by atoms with Crippen LogP contribution in [0.4, 0.5) is 0 Å². The number of hydrogen-bond donors (Lipinski definition) is 1. The second kappa shape index (κ2) is 8.32. The second-order valence-electron chi connectivity index (χ2n) is 12.0. The van der Waals surface area contributed by atoms with Crippen molar-refractivity contribution in [2.75, 3.05) is 0 Å². The number of allylic oxidation sites excluding steroid dienone is 4. The van der Waals surface area contributed by atoms with E-state index in [9.17, 15) is 9.90 Å². The second-order valence-corrected chi connectivity index (χ2v) is 12.0. The summed E-state index contributed by atoms with van der Waals surface area (Å²) in [6.45, 7) is 15.9. The highest BCUT2D eigenvalue weighted by atomic mass is 16.3. The van der Waals surface area contributed by atoms with Crippen LogP contribution in [0.5, 0.6) is 0 Å². The van der Waals surface area contributed by atoms with E-state index in [1.807, 2.05) is 6.08 Å². The Hall–Kier alpha value is -1.15. The third-order valence-corrected chi connectivity index (χ3v) is 10.3. The lowest BCUT2D eigenvalue weighted by Gasteiger charge is -2.57. The van der Waals surface area contributed by atoms with Crippen LogP contribution in [-0.4, -0.2) is 17.0 Å². The summed E-state index contributed by atoms with van der Waals surface area (Å²) in [5.41, 5.74) is 2.89. The number of aliphatic hydroxyl groups excluding tert-OH is 1. The molecule has 172 valence electrons. The molecule has 1 N–H and O–H groups in total.